The first-order chi connectivity index (χ1) is 8.52. The SMILES string of the molecule is Cc1nc(SCCC2CCCC2(N)C(=O)O)n[nH]1. The number of nitrogens with zero attached hydrogens (tertiary/aromatic N) is 2. The first kappa shape index (κ1) is 13.4. The van der Waals surface area contributed by atoms with E-state index in [1.54, 1.807) is 0 Å². The molecule has 1 heterocycles. The highest BCUT2D eigenvalue weighted by Crippen LogP contribution is 2.37. The highest BCUT2D eigenvalue weighted by atomic mass is 32.2. The number of aromatic amines is 1. The smallest absolute Gasteiger partial charge is 0.323 e. The zero-order chi connectivity index (χ0) is 13.2. The third kappa shape index (κ3) is 2.67. The van der Waals surface area contributed by atoms with E-state index in [9.17, 15) is 9.90 Å². The average Bonchev–Trinajstić information content (AvgIpc) is 2.87. The lowest BCUT2D eigenvalue weighted by Crippen LogP contribution is -2.51. The molecule has 0 bridgehead atoms. The van der Waals surface area contributed by atoms with Crippen LogP contribution in [0.1, 0.15) is 31.5 Å². The summed E-state index contributed by atoms with van der Waals surface area (Å²) in [6, 6.07) is 0. The number of thioether (sulfide) groups is 1. The van der Waals surface area contributed by atoms with E-state index in [4.69, 9.17) is 5.73 Å². The molecular weight excluding hydrogens is 252 g/mol. The maximum absolute atomic E-state index is 11.2. The summed E-state index contributed by atoms with van der Waals surface area (Å²) in [5, 5.41) is 16.7. The topological polar surface area (TPSA) is 105 Å². The summed E-state index contributed by atoms with van der Waals surface area (Å²) < 4.78 is 0. The number of aliphatic carboxylic acids is 1. The van der Waals surface area contributed by atoms with Gasteiger partial charge in [0.2, 0.25) is 5.16 Å². The highest BCUT2D eigenvalue weighted by molar-refractivity contribution is 7.99. The van der Waals surface area contributed by atoms with Crippen molar-refractivity contribution in [1.29, 1.82) is 0 Å². The van der Waals surface area contributed by atoms with E-state index in [2.05, 4.69) is 15.2 Å². The molecule has 0 radical (unpaired) electrons. The monoisotopic (exact) mass is 270 g/mol. The summed E-state index contributed by atoms with van der Waals surface area (Å²) in [6.45, 7) is 1.85. The number of hydrogen-bond acceptors (Lipinski definition) is 5. The van der Waals surface area contributed by atoms with Crippen molar-refractivity contribution in [3.8, 4) is 0 Å². The zero-order valence-corrected chi connectivity index (χ0v) is 11.2. The minimum Gasteiger partial charge on any atom is -0.480 e. The molecule has 100 valence electrons. The molecule has 1 saturated carbocycles. The van der Waals surface area contributed by atoms with E-state index in [1.165, 1.54) is 11.8 Å². The van der Waals surface area contributed by atoms with Crippen LogP contribution in [0.15, 0.2) is 5.16 Å². The number of H-pyrrole nitrogens is 1. The molecule has 2 atom stereocenters. The molecule has 7 heteroatoms. The van der Waals surface area contributed by atoms with Gasteiger partial charge in [0, 0.05) is 5.75 Å². The number of hydrogen-bond donors (Lipinski definition) is 3. The highest BCUT2D eigenvalue weighted by Gasteiger charge is 2.45. The van der Waals surface area contributed by atoms with Crippen LogP contribution in [0, 0.1) is 12.8 Å². The lowest BCUT2D eigenvalue weighted by molar-refractivity contribution is -0.144. The summed E-state index contributed by atoms with van der Waals surface area (Å²) in [6.07, 6.45) is 3.17. The Morgan fingerprint density at radius 3 is 3.11 bits per heavy atom. The molecule has 2 unspecified atom stereocenters. The van der Waals surface area contributed by atoms with Crippen molar-refractivity contribution in [3.63, 3.8) is 0 Å². The van der Waals surface area contributed by atoms with Crippen LogP contribution >= 0.6 is 11.8 Å². The van der Waals surface area contributed by atoms with Crippen molar-refractivity contribution in [2.24, 2.45) is 11.7 Å². The van der Waals surface area contributed by atoms with E-state index < -0.39 is 11.5 Å². The van der Waals surface area contributed by atoms with Crippen LogP contribution in [0.2, 0.25) is 0 Å². The van der Waals surface area contributed by atoms with Crippen molar-refractivity contribution >= 4 is 17.7 Å². The van der Waals surface area contributed by atoms with Gasteiger partial charge in [-0.2, -0.15) is 0 Å². The first-order valence-electron chi connectivity index (χ1n) is 6.06. The fourth-order valence-corrected chi connectivity index (χ4v) is 3.36. The summed E-state index contributed by atoms with van der Waals surface area (Å²) in [5.41, 5.74) is 4.95. The molecule has 0 aromatic carbocycles. The standard InChI is InChI=1S/C11H18N4O2S/c1-7-13-10(15-14-7)18-6-4-8-3-2-5-11(8,12)9(16)17/h8H,2-6,12H2,1H3,(H,16,17)(H,13,14,15). The summed E-state index contributed by atoms with van der Waals surface area (Å²) >= 11 is 1.54. The molecule has 1 aromatic heterocycles. The Morgan fingerprint density at radius 1 is 1.72 bits per heavy atom. The Labute approximate surface area is 110 Å². The first-order valence-corrected chi connectivity index (χ1v) is 7.05. The second-order valence-corrected chi connectivity index (χ2v) is 5.84. The number of aromatic nitrogens is 3. The van der Waals surface area contributed by atoms with Gasteiger partial charge in [-0.15, -0.1) is 5.10 Å². The van der Waals surface area contributed by atoms with E-state index in [0.717, 1.165) is 30.8 Å². The zero-order valence-electron chi connectivity index (χ0n) is 10.3. The Bertz CT molecular complexity index is 436. The third-order valence-corrected chi connectivity index (χ3v) is 4.42. The second-order valence-electron chi connectivity index (χ2n) is 4.78. The Morgan fingerprint density at radius 2 is 2.50 bits per heavy atom. The van der Waals surface area contributed by atoms with Gasteiger partial charge in [-0.25, -0.2) is 4.98 Å². The number of nitrogens with one attached hydrogen (secondary N) is 1. The van der Waals surface area contributed by atoms with Crippen LogP contribution in [0.3, 0.4) is 0 Å². The van der Waals surface area contributed by atoms with Gasteiger partial charge < -0.3 is 10.8 Å². The van der Waals surface area contributed by atoms with Gasteiger partial charge in [0.1, 0.15) is 11.4 Å². The molecule has 0 spiro atoms. The summed E-state index contributed by atoms with van der Waals surface area (Å²) in [4.78, 5) is 15.4. The van der Waals surface area contributed by atoms with Crippen molar-refractivity contribution in [2.45, 2.75) is 43.3 Å². The van der Waals surface area contributed by atoms with Crippen LogP contribution in [0.5, 0.6) is 0 Å². The number of carboxylic acids is 1. The van der Waals surface area contributed by atoms with Gasteiger partial charge in [-0.1, -0.05) is 18.2 Å². The predicted octanol–water partition coefficient (Wildman–Crippen LogP) is 1.18. The lowest BCUT2D eigenvalue weighted by atomic mass is 9.86. The van der Waals surface area contributed by atoms with Crippen LogP contribution < -0.4 is 5.73 Å². The Balaban J connectivity index is 1.85. The maximum Gasteiger partial charge on any atom is 0.323 e. The van der Waals surface area contributed by atoms with Crippen molar-refractivity contribution in [2.75, 3.05) is 5.75 Å². The molecule has 18 heavy (non-hydrogen) atoms. The van der Waals surface area contributed by atoms with E-state index in [0.29, 0.717) is 11.6 Å². The van der Waals surface area contributed by atoms with Crippen molar-refractivity contribution < 1.29 is 9.90 Å². The number of carboxylic acid groups (broad SMARTS) is 1. The summed E-state index contributed by atoms with van der Waals surface area (Å²) in [5.74, 6) is 0.775. The molecule has 1 fully saturated rings. The molecule has 4 N–H and O–H groups in total. The molecule has 1 aliphatic carbocycles. The quantitative estimate of drug-likeness (QED) is 0.694. The van der Waals surface area contributed by atoms with Crippen LogP contribution in [-0.2, 0) is 4.79 Å². The number of nitrogens with two attached hydrogens (primary N) is 1. The minimum atomic E-state index is -1.03. The fraction of sp³-hybridized carbons (Fsp3) is 0.727. The molecule has 6 nitrogen and oxygen atoms in total. The lowest BCUT2D eigenvalue weighted by Gasteiger charge is -2.26. The molecule has 2 rings (SSSR count). The van der Waals surface area contributed by atoms with Crippen LogP contribution in [0.4, 0.5) is 0 Å². The van der Waals surface area contributed by atoms with Crippen LogP contribution in [0.25, 0.3) is 0 Å². The molecule has 1 aliphatic rings. The summed E-state index contributed by atoms with van der Waals surface area (Å²) in [7, 11) is 0. The third-order valence-electron chi connectivity index (χ3n) is 3.54. The van der Waals surface area contributed by atoms with Crippen LogP contribution in [-0.4, -0.2) is 37.5 Å². The van der Waals surface area contributed by atoms with Gasteiger partial charge in [-0.05, 0) is 32.1 Å². The van der Waals surface area contributed by atoms with E-state index in [-0.39, 0.29) is 5.92 Å². The molecule has 0 aliphatic heterocycles. The minimum absolute atomic E-state index is 0.0579. The average molecular weight is 270 g/mol. The Hall–Kier alpha value is -1.08. The van der Waals surface area contributed by atoms with Gasteiger partial charge in [0.15, 0.2) is 0 Å². The van der Waals surface area contributed by atoms with Gasteiger partial charge >= 0.3 is 5.97 Å². The normalized spacial score (nSPS) is 27.6. The van der Waals surface area contributed by atoms with E-state index in [1.807, 2.05) is 6.92 Å². The predicted molar refractivity (Wildman–Crippen MR) is 68.4 cm³/mol. The van der Waals surface area contributed by atoms with Gasteiger partial charge in [-0.3, -0.25) is 9.89 Å². The largest absolute Gasteiger partial charge is 0.480 e. The van der Waals surface area contributed by atoms with Crippen molar-refractivity contribution in [1.82, 2.24) is 15.2 Å². The second kappa shape index (κ2) is 5.27. The van der Waals surface area contributed by atoms with Gasteiger partial charge in [0.05, 0.1) is 0 Å². The molecule has 1 aromatic rings. The maximum atomic E-state index is 11.2. The van der Waals surface area contributed by atoms with E-state index >= 15 is 0 Å². The fourth-order valence-electron chi connectivity index (χ4n) is 2.47. The number of aryl methyl sites for hydroxylation is 1. The molecule has 0 amide bonds. The Kier molecular flexibility index (Phi) is 3.91. The number of rotatable bonds is 5. The molecular formula is C11H18N4O2S. The molecule has 0 saturated heterocycles. The van der Waals surface area contributed by atoms with Gasteiger partial charge in [0.25, 0.3) is 0 Å². The number of carbonyl (C=O) groups is 1. The van der Waals surface area contributed by atoms with Crippen molar-refractivity contribution in [3.05, 3.63) is 5.82 Å².